The van der Waals surface area contributed by atoms with E-state index < -0.39 is 11.7 Å². The van der Waals surface area contributed by atoms with Gasteiger partial charge in [-0.2, -0.15) is 13.2 Å². The molecule has 1 aliphatic rings. The summed E-state index contributed by atoms with van der Waals surface area (Å²) in [6, 6.07) is 13.8. The van der Waals surface area contributed by atoms with Crippen LogP contribution in [0.2, 0.25) is 0 Å². The van der Waals surface area contributed by atoms with E-state index in [-0.39, 0.29) is 6.04 Å². The Kier molecular flexibility index (Phi) is 4.72. The number of likely N-dealkylation sites (tertiary alicyclic amines) is 1. The number of para-hydroxylation sites is 1. The molecule has 3 aromatic rings. The average Bonchev–Trinajstić information content (AvgIpc) is 2.99. The van der Waals surface area contributed by atoms with Crippen LogP contribution in [0, 0.1) is 6.92 Å². The lowest BCUT2D eigenvalue weighted by atomic mass is 9.92. The number of alkyl halides is 3. The smallest absolute Gasteiger partial charge is 0.358 e. The minimum absolute atomic E-state index is 0.0382. The molecule has 1 atom stereocenters. The number of piperidine rings is 1. The van der Waals surface area contributed by atoms with Crippen molar-refractivity contribution in [1.29, 1.82) is 0 Å². The number of hydrogen-bond acceptors (Lipinski definition) is 1. The monoisotopic (exact) mass is 372 g/mol. The van der Waals surface area contributed by atoms with Crippen LogP contribution in [0.25, 0.3) is 10.9 Å². The summed E-state index contributed by atoms with van der Waals surface area (Å²) in [5, 5.41) is 1.14. The first-order valence-corrected chi connectivity index (χ1v) is 9.43. The van der Waals surface area contributed by atoms with Gasteiger partial charge in [0.2, 0.25) is 0 Å². The molecule has 0 saturated carbocycles. The van der Waals surface area contributed by atoms with E-state index in [1.165, 1.54) is 24.1 Å². The van der Waals surface area contributed by atoms with Crippen molar-refractivity contribution in [2.45, 2.75) is 38.4 Å². The molecule has 142 valence electrons. The zero-order chi connectivity index (χ0) is 19.0. The predicted molar refractivity (Wildman–Crippen MR) is 102 cm³/mol. The molecule has 0 aliphatic carbocycles. The van der Waals surface area contributed by atoms with Crippen molar-refractivity contribution in [3.63, 3.8) is 0 Å². The maximum atomic E-state index is 13.0. The Balaban J connectivity index is 1.83. The van der Waals surface area contributed by atoms with Gasteiger partial charge >= 0.3 is 6.18 Å². The van der Waals surface area contributed by atoms with Gasteiger partial charge < -0.3 is 4.98 Å². The van der Waals surface area contributed by atoms with Gasteiger partial charge in [-0.25, -0.2) is 0 Å². The van der Waals surface area contributed by atoms with Crippen LogP contribution in [0.5, 0.6) is 0 Å². The van der Waals surface area contributed by atoms with Crippen LogP contribution < -0.4 is 0 Å². The van der Waals surface area contributed by atoms with Crippen LogP contribution in [-0.2, 0) is 6.18 Å². The zero-order valence-electron chi connectivity index (χ0n) is 15.3. The number of nitrogens with one attached hydrogen (secondary N) is 1. The lowest BCUT2D eigenvalue weighted by molar-refractivity contribution is -0.137. The van der Waals surface area contributed by atoms with E-state index in [0.717, 1.165) is 48.1 Å². The van der Waals surface area contributed by atoms with Gasteiger partial charge in [0, 0.05) is 22.2 Å². The summed E-state index contributed by atoms with van der Waals surface area (Å²) >= 11 is 0. The van der Waals surface area contributed by atoms with E-state index >= 15 is 0 Å². The first-order chi connectivity index (χ1) is 12.9. The van der Waals surface area contributed by atoms with Crippen LogP contribution in [0.15, 0.2) is 48.5 Å². The summed E-state index contributed by atoms with van der Waals surface area (Å²) in [5.74, 6) is 0. The molecule has 4 rings (SSSR count). The zero-order valence-corrected chi connectivity index (χ0v) is 15.3. The second-order valence-electron chi connectivity index (χ2n) is 7.33. The summed E-state index contributed by atoms with van der Waals surface area (Å²) in [7, 11) is 0. The third kappa shape index (κ3) is 3.48. The van der Waals surface area contributed by atoms with Crippen molar-refractivity contribution in [1.82, 2.24) is 9.88 Å². The van der Waals surface area contributed by atoms with Gasteiger partial charge in [-0.3, -0.25) is 4.90 Å². The Labute approximate surface area is 157 Å². The molecule has 1 fully saturated rings. The fraction of sp³-hybridized carbons (Fsp3) is 0.364. The topological polar surface area (TPSA) is 19.0 Å². The van der Waals surface area contributed by atoms with E-state index in [0.29, 0.717) is 0 Å². The van der Waals surface area contributed by atoms with E-state index in [1.54, 1.807) is 12.1 Å². The molecule has 2 aromatic carbocycles. The molecule has 1 aliphatic heterocycles. The maximum absolute atomic E-state index is 13.0. The van der Waals surface area contributed by atoms with Gasteiger partial charge in [-0.15, -0.1) is 0 Å². The van der Waals surface area contributed by atoms with Gasteiger partial charge in [0.15, 0.2) is 0 Å². The third-order valence-electron chi connectivity index (χ3n) is 5.53. The molecule has 27 heavy (non-hydrogen) atoms. The molecule has 2 heterocycles. The highest BCUT2D eigenvalue weighted by molar-refractivity contribution is 5.85. The lowest BCUT2D eigenvalue weighted by Gasteiger charge is -2.35. The number of H-pyrrole nitrogens is 1. The minimum atomic E-state index is -4.31. The van der Waals surface area contributed by atoms with E-state index in [9.17, 15) is 13.2 Å². The molecular weight excluding hydrogens is 349 g/mol. The van der Waals surface area contributed by atoms with Crippen LogP contribution in [0.4, 0.5) is 13.2 Å². The van der Waals surface area contributed by atoms with Gasteiger partial charge in [0.25, 0.3) is 0 Å². The largest absolute Gasteiger partial charge is 0.416 e. The quantitative estimate of drug-likeness (QED) is 0.591. The fourth-order valence-corrected chi connectivity index (χ4v) is 4.24. The first-order valence-electron chi connectivity index (χ1n) is 9.43. The molecule has 0 radical (unpaired) electrons. The summed E-state index contributed by atoms with van der Waals surface area (Å²) in [6.07, 6.45) is -0.851. The maximum Gasteiger partial charge on any atom is 0.416 e. The number of hydrogen-bond donors (Lipinski definition) is 1. The Morgan fingerprint density at radius 1 is 0.926 bits per heavy atom. The van der Waals surface area contributed by atoms with Crippen LogP contribution in [-0.4, -0.2) is 23.0 Å². The van der Waals surface area contributed by atoms with E-state index in [2.05, 4.69) is 22.9 Å². The van der Waals surface area contributed by atoms with Gasteiger partial charge in [-0.1, -0.05) is 36.8 Å². The Bertz CT molecular complexity index is 919. The van der Waals surface area contributed by atoms with Crippen molar-refractivity contribution < 1.29 is 13.2 Å². The van der Waals surface area contributed by atoms with Gasteiger partial charge in [-0.05, 0) is 56.6 Å². The van der Waals surface area contributed by atoms with Crippen molar-refractivity contribution >= 4 is 10.9 Å². The Morgan fingerprint density at radius 3 is 2.26 bits per heavy atom. The highest BCUT2D eigenvalue weighted by atomic mass is 19.4. The number of fused-ring (bicyclic) bond motifs is 1. The molecule has 1 unspecified atom stereocenters. The number of benzene rings is 2. The van der Waals surface area contributed by atoms with E-state index in [4.69, 9.17) is 0 Å². The number of rotatable bonds is 3. The predicted octanol–water partition coefficient (Wildman–Crippen LogP) is 6.07. The van der Waals surface area contributed by atoms with Crippen LogP contribution >= 0.6 is 0 Å². The number of nitrogens with zero attached hydrogens (tertiary/aromatic N) is 1. The fourth-order valence-electron chi connectivity index (χ4n) is 4.24. The van der Waals surface area contributed by atoms with Gasteiger partial charge in [0.1, 0.15) is 0 Å². The second-order valence-corrected chi connectivity index (χ2v) is 7.33. The third-order valence-corrected chi connectivity index (χ3v) is 5.53. The average molecular weight is 372 g/mol. The van der Waals surface area contributed by atoms with Crippen LogP contribution in [0.1, 0.15) is 47.7 Å². The van der Waals surface area contributed by atoms with Crippen LogP contribution in [0.3, 0.4) is 0 Å². The molecule has 1 N–H and O–H groups in total. The number of aromatic amines is 1. The highest BCUT2D eigenvalue weighted by Crippen LogP contribution is 2.38. The highest BCUT2D eigenvalue weighted by Gasteiger charge is 2.32. The first kappa shape index (κ1) is 18.1. The normalized spacial score (nSPS) is 17.3. The van der Waals surface area contributed by atoms with Gasteiger partial charge in [0.05, 0.1) is 11.6 Å². The lowest BCUT2D eigenvalue weighted by Crippen LogP contribution is -2.34. The molecule has 0 amide bonds. The number of halogens is 3. The standard InChI is InChI=1S/C22H23F3N2/c1-15-20(18-7-3-4-8-19(18)26-15)21(27-13-5-2-6-14-27)16-9-11-17(12-10-16)22(23,24)25/h3-4,7-12,21,26H,2,5-6,13-14H2,1H3. The molecular formula is C22H23F3N2. The molecule has 5 heteroatoms. The molecule has 1 aromatic heterocycles. The summed E-state index contributed by atoms with van der Waals surface area (Å²) in [6.45, 7) is 3.98. The molecule has 1 saturated heterocycles. The van der Waals surface area contributed by atoms with Crippen molar-refractivity contribution in [2.24, 2.45) is 0 Å². The SMILES string of the molecule is Cc1[nH]c2ccccc2c1C(c1ccc(C(F)(F)F)cc1)N1CCCCC1. The minimum Gasteiger partial charge on any atom is -0.358 e. The Morgan fingerprint density at radius 2 is 1.59 bits per heavy atom. The molecule has 0 spiro atoms. The molecule has 2 nitrogen and oxygen atoms in total. The summed E-state index contributed by atoms with van der Waals surface area (Å²) < 4.78 is 39.0. The number of aromatic nitrogens is 1. The van der Waals surface area contributed by atoms with E-state index in [1.807, 2.05) is 18.2 Å². The second kappa shape index (κ2) is 7.04. The van der Waals surface area contributed by atoms with Crippen molar-refractivity contribution in [3.05, 3.63) is 70.9 Å². The van der Waals surface area contributed by atoms with Crippen molar-refractivity contribution in [3.8, 4) is 0 Å². The summed E-state index contributed by atoms with van der Waals surface area (Å²) in [5.41, 5.74) is 3.63. The summed E-state index contributed by atoms with van der Waals surface area (Å²) in [4.78, 5) is 5.86. The van der Waals surface area contributed by atoms with Crippen molar-refractivity contribution in [2.75, 3.05) is 13.1 Å². The Hall–Kier alpha value is -2.27. The number of aryl methyl sites for hydroxylation is 1. The molecule has 0 bridgehead atoms.